The topological polar surface area (TPSA) is 111 Å². The maximum absolute atomic E-state index is 12.6. The molecule has 9 nitrogen and oxygen atoms in total. The van der Waals surface area contributed by atoms with Gasteiger partial charge >= 0.3 is 6.03 Å². The number of carbonyl (C=O) groups excluding carboxylic acids is 3. The van der Waals surface area contributed by atoms with E-state index in [4.69, 9.17) is 0 Å². The Morgan fingerprint density at radius 2 is 2.13 bits per heavy atom. The van der Waals surface area contributed by atoms with Crippen molar-refractivity contribution >= 4 is 17.8 Å². The quantitative estimate of drug-likeness (QED) is 0.768. The number of likely N-dealkylation sites (tertiary alicyclic amines) is 1. The van der Waals surface area contributed by atoms with Crippen LogP contribution in [-0.4, -0.2) is 61.5 Å². The number of H-pyrrole nitrogens is 1. The molecule has 1 aromatic rings. The number of urea groups is 1. The number of amides is 4. The standard InChI is InChI=1S/C14H20N6O3/c1-8-15-11(18-17-8)9-5-4-6-19(9)10(21)7-20-12(22)14(2,3)16-13(20)23/h9H,4-7H2,1-3H3,(H,16,23)(H,15,17,18)/t9-/m1/s1. The first-order valence-corrected chi connectivity index (χ1v) is 7.62. The molecule has 3 rings (SSSR count). The van der Waals surface area contributed by atoms with Gasteiger partial charge < -0.3 is 10.2 Å². The van der Waals surface area contributed by atoms with Crippen molar-refractivity contribution in [1.29, 1.82) is 0 Å². The van der Waals surface area contributed by atoms with Crippen molar-refractivity contribution in [2.24, 2.45) is 0 Å². The van der Waals surface area contributed by atoms with Gasteiger partial charge in [-0.05, 0) is 33.6 Å². The van der Waals surface area contributed by atoms with Crippen LogP contribution in [-0.2, 0) is 9.59 Å². The molecule has 4 amide bonds. The number of carbonyl (C=O) groups is 3. The molecule has 0 spiro atoms. The Balaban J connectivity index is 1.73. The number of nitrogens with one attached hydrogen (secondary N) is 2. The second-order valence-electron chi connectivity index (χ2n) is 6.47. The van der Waals surface area contributed by atoms with Crippen LogP contribution in [0.5, 0.6) is 0 Å². The van der Waals surface area contributed by atoms with Gasteiger partial charge in [-0.2, -0.15) is 5.10 Å². The van der Waals surface area contributed by atoms with Gasteiger partial charge in [-0.15, -0.1) is 0 Å². The van der Waals surface area contributed by atoms with Crippen LogP contribution >= 0.6 is 0 Å². The summed E-state index contributed by atoms with van der Waals surface area (Å²) >= 11 is 0. The summed E-state index contributed by atoms with van der Waals surface area (Å²) in [6, 6.07) is -0.737. The molecule has 2 aliphatic heterocycles. The van der Waals surface area contributed by atoms with E-state index in [9.17, 15) is 14.4 Å². The van der Waals surface area contributed by atoms with Gasteiger partial charge in [-0.1, -0.05) is 0 Å². The minimum atomic E-state index is -0.970. The number of imide groups is 1. The Hall–Kier alpha value is -2.45. The summed E-state index contributed by atoms with van der Waals surface area (Å²) < 4.78 is 0. The van der Waals surface area contributed by atoms with Gasteiger partial charge in [0.2, 0.25) is 5.91 Å². The molecule has 2 saturated heterocycles. The molecule has 0 saturated carbocycles. The first-order chi connectivity index (χ1) is 10.8. The third kappa shape index (κ3) is 2.66. The monoisotopic (exact) mass is 320 g/mol. The van der Waals surface area contributed by atoms with E-state index in [1.807, 2.05) is 0 Å². The predicted octanol–water partition coefficient (Wildman–Crippen LogP) is 0.107. The molecule has 1 atom stereocenters. The van der Waals surface area contributed by atoms with E-state index in [1.54, 1.807) is 25.7 Å². The fourth-order valence-electron chi connectivity index (χ4n) is 3.03. The zero-order valence-electron chi connectivity index (χ0n) is 13.4. The average molecular weight is 320 g/mol. The van der Waals surface area contributed by atoms with Crippen LogP contribution in [0.15, 0.2) is 0 Å². The minimum absolute atomic E-state index is 0.207. The summed E-state index contributed by atoms with van der Waals surface area (Å²) in [5.41, 5.74) is -0.970. The Labute approximate surface area is 133 Å². The Bertz CT molecular complexity index is 667. The SMILES string of the molecule is Cc1nc([C@H]2CCCN2C(=O)CN2C(=O)NC(C)(C)C2=O)n[nH]1. The van der Waals surface area contributed by atoms with Crippen LogP contribution in [0.2, 0.25) is 0 Å². The Morgan fingerprint density at radius 1 is 1.39 bits per heavy atom. The van der Waals surface area contributed by atoms with Crippen molar-refractivity contribution in [3.63, 3.8) is 0 Å². The van der Waals surface area contributed by atoms with Gasteiger partial charge in [-0.25, -0.2) is 9.78 Å². The average Bonchev–Trinajstić information content (AvgIpc) is 3.14. The van der Waals surface area contributed by atoms with Crippen LogP contribution in [0.3, 0.4) is 0 Å². The number of hydrogen-bond donors (Lipinski definition) is 2. The number of aromatic nitrogens is 3. The molecular weight excluding hydrogens is 300 g/mol. The molecule has 0 radical (unpaired) electrons. The van der Waals surface area contributed by atoms with Crippen molar-refractivity contribution < 1.29 is 14.4 Å². The minimum Gasteiger partial charge on any atom is -0.331 e. The number of nitrogens with zero attached hydrogens (tertiary/aromatic N) is 4. The first-order valence-electron chi connectivity index (χ1n) is 7.62. The number of hydrogen-bond acceptors (Lipinski definition) is 5. The lowest BCUT2D eigenvalue weighted by atomic mass is 10.1. The fourth-order valence-corrected chi connectivity index (χ4v) is 3.03. The van der Waals surface area contributed by atoms with Crippen LogP contribution in [0.1, 0.15) is 44.4 Å². The maximum atomic E-state index is 12.6. The fraction of sp³-hybridized carbons (Fsp3) is 0.643. The van der Waals surface area contributed by atoms with Crippen molar-refractivity contribution in [1.82, 2.24) is 30.3 Å². The summed E-state index contributed by atoms with van der Waals surface area (Å²) in [6.07, 6.45) is 1.62. The van der Waals surface area contributed by atoms with E-state index in [-0.39, 0.29) is 24.4 Å². The van der Waals surface area contributed by atoms with Crippen molar-refractivity contribution in [2.45, 2.75) is 45.2 Å². The zero-order chi connectivity index (χ0) is 16.8. The molecule has 0 unspecified atom stereocenters. The van der Waals surface area contributed by atoms with Gasteiger partial charge in [-0.3, -0.25) is 19.6 Å². The van der Waals surface area contributed by atoms with Crippen molar-refractivity contribution in [3.05, 3.63) is 11.6 Å². The lowest BCUT2D eigenvalue weighted by Crippen LogP contribution is -2.44. The Kier molecular flexibility index (Phi) is 3.57. The normalized spacial score (nSPS) is 23.5. The lowest BCUT2D eigenvalue weighted by molar-refractivity contribution is -0.139. The number of rotatable bonds is 3. The third-order valence-electron chi connectivity index (χ3n) is 4.22. The highest BCUT2D eigenvalue weighted by molar-refractivity contribution is 6.08. The van der Waals surface area contributed by atoms with E-state index in [0.717, 1.165) is 17.7 Å². The summed E-state index contributed by atoms with van der Waals surface area (Å²) in [5.74, 6) is 0.609. The molecule has 9 heteroatoms. The molecule has 2 N–H and O–H groups in total. The highest BCUT2D eigenvalue weighted by atomic mass is 16.2. The van der Waals surface area contributed by atoms with Crippen molar-refractivity contribution in [2.75, 3.05) is 13.1 Å². The molecule has 0 aromatic carbocycles. The molecular formula is C14H20N6O3. The molecule has 0 bridgehead atoms. The summed E-state index contributed by atoms with van der Waals surface area (Å²) in [5, 5.41) is 9.47. The molecule has 124 valence electrons. The van der Waals surface area contributed by atoms with Gasteiger partial charge in [0, 0.05) is 6.54 Å². The van der Waals surface area contributed by atoms with Gasteiger partial charge in [0.25, 0.3) is 5.91 Å². The number of aromatic amines is 1. The second kappa shape index (κ2) is 5.32. The molecule has 23 heavy (non-hydrogen) atoms. The third-order valence-corrected chi connectivity index (χ3v) is 4.22. The highest BCUT2D eigenvalue weighted by Gasteiger charge is 2.46. The van der Waals surface area contributed by atoms with Crippen LogP contribution < -0.4 is 5.32 Å². The summed E-state index contributed by atoms with van der Waals surface area (Å²) in [4.78, 5) is 43.6. The van der Waals surface area contributed by atoms with Crippen LogP contribution in [0.25, 0.3) is 0 Å². The van der Waals surface area contributed by atoms with E-state index in [0.29, 0.717) is 18.2 Å². The zero-order valence-corrected chi connectivity index (χ0v) is 13.4. The van der Waals surface area contributed by atoms with Gasteiger partial charge in [0.15, 0.2) is 5.82 Å². The van der Waals surface area contributed by atoms with Crippen LogP contribution in [0, 0.1) is 6.92 Å². The smallest absolute Gasteiger partial charge is 0.325 e. The van der Waals surface area contributed by atoms with E-state index >= 15 is 0 Å². The Morgan fingerprint density at radius 3 is 2.70 bits per heavy atom. The molecule has 1 aromatic heterocycles. The largest absolute Gasteiger partial charge is 0.331 e. The van der Waals surface area contributed by atoms with E-state index < -0.39 is 11.6 Å². The molecule has 2 aliphatic rings. The van der Waals surface area contributed by atoms with Gasteiger partial charge in [0.1, 0.15) is 17.9 Å². The van der Waals surface area contributed by atoms with Gasteiger partial charge in [0.05, 0.1) is 6.04 Å². The predicted molar refractivity (Wildman–Crippen MR) is 79.1 cm³/mol. The first kappa shape index (κ1) is 15.4. The highest BCUT2D eigenvalue weighted by Crippen LogP contribution is 2.30. The van der Waals surface area contributed by atoms with Crippen LogP contribution in [0.4, 0.5) is 4.79 Å². The molecule has 3 heterocycles. The summed E-state index contributed by atoms with van der Waals surface area (Å²) in [7, 11) is 0. The summed E-state index contributed by atoms with van der Waals surface area (Å²) in [6.45, 7) is 5.35. The lowest BCUT2D eigenvalue weighted by Gasteiger charge is -2.24. The van der Waals surface area contributed by atoms with Crippen molar-refractivity contribution in [3.8, 4) is 0 Å². The van der Waals surface area contributed by atoms with E-state index in [1.165, 1.54) is 0 Å². The number of aryl methyl sites for hydroxylation is 1. The second-order valence-corrected chi connectivity index (χ2v) is 6.47. The van der Waals surface area contributed by atoms with E-state index in [2.05, 4.69) is 20.5 Å². The maximum Gasteiger partial charge on any atom is 0.325 e. The molecule has 2 fully saturated rings. The molecule has 0 aliphatic carbocycles.